The summed E-state index contributed by atoms with van der Waals surface area (Å²) in [6.45, 7) is 12.4. The number of likely N-dealkylation sites (N-methyl/N-ethyl adjacent to an activating group) is 1. The van der Waals surface area contributed by atoms with Gasteiger partial charge < -0.3 is 10.6 Å². The number of hydrogen-bond donors (Lipinski definition) is 2. The van der Waals surface area contributed by atoms with Crippen LogP contribution in [-0.4, -0.2) is 47.9 Å². The molecule has 2 N–H and O–H groups in total. The number of carbonyl (C=O) groups is 2. The quantitative estimate of drug-likeness (QED) is 0.814. The maximum absolute atomic E-state index is 12.5. The van der Waals surface area contributed by atoms with Crippen LogP contribution in [0.1, 0.15) is 60.8 Å². The summed E-state index contributed by atoms with van der Waals surface area (Å²) in [5.74, 6) is 1.12. The average Bonchev–Trinajstić information content (AvgIpc) is 2.40. The fourth-order valence-electron chi connectivity index (χ4n) is 3.11. The monoisotopic (exact) mass is 325 g/mol. The zero-order valence-corrected chi connectivity index (χ0v) is 15.9. The van der Waals surface area contributed by atoms with Gasteiger partial charge >= 0.3 is 0 Å². The summed E-state index contributed by atoms with van der Waals surface area (Å²) < 4.78 is 0. The van der Waals surface area contributed by atoms with Crippen LogP contribution in [0.4, 0.5) is 0 Å². The molecule has 0 spiro atoms. The Bertz CT molecular complexity index is 417. The highest BCUT2D eigenvalue weighted by Crippen LogP contribution is 2.29. The number of carbonyl (C=O) groups excluding carboxylic acids is 2. The molecule has 0 aromatic carbocycles. The smallest absolute Gasteiger partial charge is 0.237 e. The zero-order valence-electron chi connectivity index (χ0n) is 15.9. The molecule has 0 bridgehead atoms. The van der Waals surface area contributed by atoms with Gasteiger partial charge in [0.15, 0.2) is 0 Å². The Kier molecular flexibility index (Phi) is 7.05. The third-order valence-corrected chi connectivity index (χ3v) is 4.98. The minimum atomic E-state index is -0.315. The second-order valence-electron chi connectivity index (χ2n) is 8.27. The lowest BCUT2D eigenvalue weighted by atomic mass is 9.78. The molecule has 4 atom stereocenters. The predicted molar refractivity (Wildman–Crippen MR) is 94.1 cm³/mol. The van der Waals surface area contributed by atoms with E-state index in [1.165, 1.54) is 12.8 Å². The molecule has 0 aromatic rings. The van der Waals surface area contributed by atoms with E-state index in [4.69, 9.17) is 0 Å². The average molecular weight is 325 g/mol. The molecular formula is C18H35N3O2. The van der Waals surface area contributed by atoms with Crippen LogP contribution in [0.25, 0.3) is 0 Å². The molecule has 0 aromatic heterocycles. The first kappa shape index (κ1) is 19.9. The van der Waals surface area contributed by atoms with Gasteiger partial charge in [0.25, 0.3) is 0 Å². The van der Waals surface area contributed by atoms with E-state index in [2.05, 4.69) is 24.5 Å². The van der Waals surface area contributed by atoms with Crippen molar-refractivity contribution < 1.29 is 9.59 Å². The Hall–Kier alpha value is -1.10. The van der Waals surface area contributed by atoms with Gasteiger partial charge in [-0.3, -0.25) is 14.5 Å². The van der Waals surface area contributed by atoms with E-state index < -0.39 is 0 Å². The molecular weight excluding hydrogens is 290 g/mol. The summed E-state index contributed by atoms with van der Waals surface area (Å²) in [4.78, 5) is 26.3. The molecule has 23 heavy (non-hydrogen) atoms. The number of nitrogens with zero attached hydrogens (tertiary/aromatic N) is 1. The van der Waals surface area contributed by atoms with Crippen LogP contribution in [0.2, 0.25) is 0 Å². The van der Waals surface area contributed by atoms with Crippen LogP contribution < -0.4 is 10.6 Å². The minimum Gasteiger partial charge on any atom is -0.352 e. The largest absolute Gasteiger partial charge is 0.352 e. The van der Waals surface area contributed by atoms with Gasteiger partial charge in [0.05, 0.1) is 12.6 Å². The van der Waals surface area contributed by atoms with Crippen molar-refractivity contribution in [2.24, 2.45) is 11.8 Å². The summed E-state index contributed by atoms with van der Waals surface area (Å²) in [5, 5.41) is 6.11. The van der Waals surface area contributed by atoms with Crippen LogP contribution in [0.3, 0.4) is 0 Å². The number of amides is 2. The Morgan fingerprint density at radius 3 is 2.39 bits per heavy atom. The predicted octanol–water partition coefficient (Wildman–Crippen LogP) is 2.16. The van der Waals surface area contributed by atoms with Crippen LogP contribution in [0.15, 0.2) is 0 Å². The zero-order chi connectivity index (χ0) is 17.8. The van der Waals surface area contributed by atoms with E-state index in [1.807, 2.05) is 34.7 Å². The molecule has 1 aliphatic rings. The van der Waals surface area contributed by atoms with E-state index in [0.717, 1.165) is 6.42 Å². The van der Waals surface area contributed by atoms with E-state index >= 15 is 0 Å². The highest BCUT2D eigenvalue weighted by Gasteiger charge is 2.30. The summed E-state index contributed by atoms with van der Waals surface area (Å²) in [6, 6.07) is -0.0596. The number of nitrogens with one attached hydrogen (secondary N) is 2. The van der Waals surface area contributed by atoms with Crippen molar-refractivity contribution in [3.8, 4) is 0 Å². The fourth-order valence-corrected chi connectivity index (χ4v) is 3.11. The van der Waals surface area contributed by atoms with E-state index in [0.29, 0.717) is 11.8 Å². The van der Waals surface area contributed by atoms with Gasteiger partial charge in [0.2, 0.25) is 11.8 Å². The van der Waals surface area contributed by atoms with Crippen LogP contribution in [0, 0.1) is 11.8 Å². The Labute approximate surface area is 141 Å². The Morgan fingerprint density at radius 1 is 1.22 bits per heavy atom. The molecule has 0 saturated heterocycles. The molecule has 1 aliphatic carbocycles. The lowest BCUT2D eigenvalue weighted by molar-refractivity contribution is -0.129. The van der Waals surface area contributed by atoms with Crippen molar-refractivity contribution in [2.75, 3.05) is 13.6 Å². The van der Waals surface area contributed by atoms with Gasteiger partial charge in [0.1, 0.15) is 0 Å². The Balaban J connectivity index is 2.50. The van der Waals surface area contributed by atoms with Gasteiger partial charge in [-0.05, 0) is 53.0 Å². The van der Waals surface area contributed by atoms with Crippen LogP contribution in [0.5, 0.6) is 0 Å². The van der Waals surface area contributed by atoms with Gasteiger partial charge in [-0.15, -0.1) is 0 Å². The van der Waals surface area contributed by atoms with Gasteiger partial charge in [-0.25, -0.2) is 0 Å². The molecule has 1 saturated carbocycles. The molecule has 0 heterocycles. The third-order valence-electron chi connectivity index (χ3n) is 4.98. The van der Waals surface area contributed by atoms with Crippen molar-refractivity contribution in [1.29, 1.82) is 0 Å². The second-order valence-corrected chi connectivity index (χ2v) is 8.27. The van der Waals surface area contributed by atoms with Crippen LogP contribution in [-0.2, 0) is 9.59 Å². The highest BCUT2D eigenvalue weighted by atomic mass is 16.2. The standard InChI is InChI=1S/C18H35N3O2/c1-12-9-8-10-15(13(12)2)19-17(23)14(3)21(7)11-16(22)20-18(4,5)6/h12-15H,8-11H2,1-7H3,(H,19,23)(H,20,22)/t12-,13-,14-,15+/m1/s1. The maximum atomic E-state index is 12.5. The minimum absolute atomic E-state index is 0.0157. The molecule has 134 valence electrons. The molecule has 1 fully saturated rings. The molecule has 0 radical (unpaired) electrons. The van der Waals surface area contributed by atoms with E-state index in [-0.39, 0.29) is 36.0 Å². The van der Waals surface area contributed by atoms with Crippen molar-refractivity contribution in [2.45, 2.75) is 78.4 Å². The number of rotatable bonds is 5. The molecule has 5 nitrogen and oxygen atoms in total. The topological polar surface area (TPSA) is 61.4 Å². The summed E-state index contributed by atoms with van der Waals surface area (Å²) >= 11 is 0. The lowest BCUT2D eigenvalue weighted by Crippen LogP contribution is -2.53. The van der Waals surface area contributed by atoms with Crippen molar-refractivity contribution in [3.05, 3.63) is 0 Å². The summed E-state index contributed by atoms with van der Waals surface area (Å²) in [6.07, 6.45) is 3.48. The van der Waals surface area contributed by atoms with Crippen LogP contribution >= 0.6 is 0 Å². The number of hydrogen-bond acceptors (Lipinski definition) is 3. The summed E-state index contributed by atoms with van der Waals surface area (Å²) in [5.41, 5.74) is -0.253. The molecule has 5 heteroatoms. The SMILES string of the molecule is C[C@@H]1[C@H](C)CCC[C@@H]1NC(=O)[C@@H](C)N(C)CC(=O)NC(C)(C)C. The van der Waals surface area contributed by atoms with Gasteiger partial charge in [-0.1, -0.05) is 26.7 Å². The molecule has 0 unspecified atom stereocenters. The van der Waals surface area contributed by atoms with Crippen molar-refractivity contribution in [1.82, 2.24) is 15.5 Å². The maximum Gasteiger partial charge on any atom is 0.237 e. The van der Waals surface area contributed by atoms with E-state index in [9.17, 15) is 9.59 Å². The fraction of sp³-hybridized carbons (Fsp3) is 0.889. The van der Waals surface area contributed by atoms with Crippen molar-refractivity contribution >= 4 is 11.8 Å². The second kappa shape index (κ2) is 8.13. The molecule has 0 aliphatic heterocycles. The first-order valence-electron chi connectivity index (χ1n) is 8.83. The first-order chi connectivity index (χ1) is 10.5. The van der Waals surface area contributed by atoms with Gasteiger partial charge in [-0.2, -0.15) is 0 Å². The summed E-state index contributed by atoms with van der Waals surface area (Å²) in [7, 11) is 1.82. The molecule has 2 amide bonds. The van der Waals surface area contributed by atoms with Gasteiger partial charge in [0, 0.05) is 11.6 Å². The first-order valence-corrected chi connectivity index (χ1v) is 8.83. The lowest BCUT2D eigenvalue weighted by Gasteiger charge is -2.36. The normalized spacial score (nSPS) is 26.7. The highest BCUT2D eigenvalue weighted by molar-refractivity contribution is 5.83. The van der Waals surface area contributed by atoms with E-state index in [1.54, 1.807) is 4.90 Å². The molecule has 1 rings (SSSR count). The third kappa shape index (κ3) is 6.50. The van der Waals surface area contributed by atoms with Crippen molar-refractivity contribution in [3.63, 3.8) is 0 Å². The Morgan fingerprint density at radius 2 is 1.83 bits per heavy atom.